The van der Waals surface area contributed by atoms with Gasteiger partial charge in [-0.25, -0.2) is 4.39 Å². The van der Waals surface area contributed by atoms with Crippen LogP contribution in [0.25, 0.3) is 0 Å². The number of para-hydroxylation sites is 1. The first kappa shape index (κ1) is 20.6. The van der Waals surface area contributed by atoms with Crippen molar-refractivity contribution in [2.75, 3.05) is 11.1 Å². The molecule has 2 aromatic carbocycles. The van der Waals surface area contributed by atoms with Crippen LogP contribution >= 0.6 is 11.8 Å². The van der Waals surface area contributed by atoms with Gasteiger partial charge in [-0.15, -0.1) is 11.8 Å². The van der Waals surface area contributed by atoms with E-state index in [-0.39, 0.29) is 18.0 Å². The standard InChI is InChI=1S/C20H20FNO4S/c1-13(23)17-5-3-4-6-18(17)22-20(25)14(2)26-19(24)11-12-27-16-9-7-15(21)8-10-16/h3-10,14H,11-12H2,1-2H3,(H,22,25). The first-order chi connectivity index (χ1) is 12.9. The van der Waals surface area contributed by atoms with Gasteiger partial charge in [-0.1, -0.05) is 12.1 Å². The quantitative estimate of drug-likeness (QED) is 0.418. The van der Waals surface area contributed by atoms with E-state index < -0.39 is 18.0 Å². The Morgan fingerprint density at radius 3 is 2.44 bits per heavy atom. The number of rotatable bonds is 8. The number of carbonyl (C=O) groups excluding carboxylic acids is 3. The Labute approximate surface area is 161 Å². The summed E-state index contributed by atoms with van der Waals surface area (Å²) in [6, 6.07) is 12.6. The largest absolute Gasteiger partial charge is 0.453 e. The molecule has 1 unspecified atom stereocenters. The molecular formula is C20H20FNO4S. The Kier molecular flexibility index (Phi) is 7.55. The lowest BCUT2D eigenvalue weighted by atomic mass is 10.1. The van der Waals surface area contributed by atoms with Crippen molar-refractivity contribution >= 4 is 35.1 Å². The van der Waals surface area contributed by atoms with E-state index in [0.717, 1.165) is 4.90 Å². The molecule has 1 amide bonds. The summed E-state index contributed by atoms with van der Waals surface area (Å²) in [6.45, 7) is 2.88. The van der Waals surface area contributed by atoms with Gasteiger partial charge in [0.15, 0.2) is 11.9 Å². The van der Waals surface area contributed by atoms with Crippen molar-refractivity contribution in [1.29, 1.82) is 0 Å². The van der Waals surface area contributed by atoms with Gasteiger partial charge in [-0.2, -0.15) is 0 Å². The molecule has 0 aromatic heterocycles. The highest BCUT2D eigenvalue weighted by Gasteiger charge is 2.19. The zero-order chi connectivity index (χ0) is 19.8. The molecule has 2 rings (SSSR count). The minimum absolute atomic E-state index is 0.115. The van der Waals surface area contributed by atoms with Crippen molar-refractivity contribution in [2.45, 2.75) is 31.3 Å². The number of ether oxygens (including phenoxy) is 1. The maximum absolute atomic E-state index is 12.8. The van der Waals surface area contributed by atoms with Crippen LogP contribution in [0.4, 0.5) is 10.1 Å². The number of halogens is 1. The van der Waals surface area contributed by atoms with Crippen LogP contribution in [0.15, 0.2) is 53.4 Å². The summed E-state index contributed by atoms with van der Waals surface area (Å²) in [4.78, 5) is 36.5. The van der Waals surface area contributed by atoms with Crippen LogP contribution in [0, 0.1) is 5.82 Å². The van der Waals surface area contributed by atoms with Crippen LogP contribution in [0.5, 0.6) is 0 Å². The third kappa shape index (κ3) is 6.53. The van der Waals surface area contributed by atoms with Crippen molar-refractivity contribution in [3.63, 3.8) is 0 Å². The number of Topliss-reactive ketones (excluding diaryl/α,β-unsaturated/α-hetero) is 1. The highest BCUT2D eigenvalue weighted by molar-refractivity contribution is 7.99. The lowest BCUT2D eigenvalue weighted by Gasteiger charge is -2.15. The molecule has 0 aliphatic carbocycles. The van der Waals surface area contributed by atoms with E-state index in [2.05, 4.69) is 5.32 Å². The van der Waals surface area contributed by atoms with Crippen molar-refractivity contribution in [3.8, 4) is 0 Å². The molecule has 0 aliphatic rings. The lowest BCUT2D eigenvalue weighted by Crippen LogP contribution is -2.30. The molecule has 1 atom stereocenters. The van der Waals surface area contributed by atoms with Gasteiger partial charge in [-0.05, 0) is 50.2 Å². The monoisotopic (exact) mass is 389 g/mol. The molecule has 7 heteroatoms. The Morgan fingerprint density at radius 1 is 1.11 bits per heavy atom. The average molecular weight is 389 g/mol. The van der Waals surface area contributed by atoms with Crippen LogP contribution < -0.4 is 5.32 Å². The summed E-state index contributed by atoms with van der Waals surface area (Å²) in [7, 11) is 0. The summed E-state index contributed by atoms with van der Waals surface area (Å²) in [5.41, 5.74) is 0.768. The van der Waals surface area contributed by atoms with E-state index in [4.69, 9.17) is 4.74 Å². The van der Waals surface area contributed by atoms with Crippen LogP contribution in [0.3, 0.4) is 0 Å². The summed E-state index contributed by atoms with van der Waals surface area (Å²) in [6.07, 6.45) is -0.878. The number of carbonyl (C=O) groups is 3. The molecule has 0 radical (unpaired) electrons. The number of nitrogens with one attached hydrogen (secondary N) is 1. The number of ketones is 1. The molecule has 0 saturated heterocycles. The second-order valence-electron chi connectivity index (χ2n) is 5.78. The summed E-state index contributed by atoms with van der Waals surface area (Å²) < 4.78 is 18.0. The van der Waals surface area contributed by atoms with E-state index in [1.807, 2.05) is 0 Å². The predicted octanol–water partition coefficient (Wildman–Crippen LogP) is 4.08. The zero-order valence-electron chi connectivity index (χ0n) is 15.0. The molecule has 0 spiro atoms. The van der Waals surface area contributed by atoms with Crippen molar-refractivity contribution in [1.82, 2.24) is 0 Å². The summed E-state index contributed by atoms with van der Waals surface area (Å²) in [5, 5.41) is 2.61. The summed E-state index contributed by atoms with van der Waals surface area (Å²) in [5.74, 6) is -1.06. The van der Waals surface area contributed by atoms with Crippen LogP contribution in [-0.4, -0.2) is 29.5 Å². The lowest BCUT2D eigenvalue weighted by molar-refractivity contribution is -0.152. The van der Waals surface area contributed by atoms with E-state index in [9.17, 15) is 18.8 Å². The normalized spacial score (nSPS) is 11.5. The van der Waals surface area contributed by atoms with E-state index in [1.165, 1.54) is 37.7 Å². The fourth-order valence-corrected chi connectivity index (χ4v) is 3.06. The van der Waals surface area contributed by atoms with E-state index in [1.54, 1.807) is 36.4 Å². The minimum Gasteiger partial charge on any atom is -0.453 e. The maximum Gasteiger partial charge on any atom is 0.307 e. The van der Waals surface area contributed by atoms with Gasteiger partial charge in [0.25, 0.3) is 5.91 Å². The van der Waals surface area contributed by atoms with Crippen LogP contribution in [0.2, 0.25) is 0 Å². The molecule has 0 fully saturated rings. The molecule has 27 heavy (non-hydrogen) atoms. The first-order valence-electron chi connectivity index (χ1n) is 8.35. The molecule has 5 nitrogen and oxygen atoms in total. The van der Waals surface area contributed by atoms with Gasteiger partial charge in [0, 0.05) is 16.2 Å². The van der Waals surface area contributed by atoms with Gasteiger partial charge in [0.2, 0.25) is 0 Å². The van der Waals surface area contributed by atoms with Gasteiger partial charge in [-0.3, -0.25) is 14.4 Å². The highest BCUT2D eigenvalue weighted by Crippen LogP contribution is 2.19. The first-order valence-corrected chi connectivity index (χ1v) is 9.34. The number of benzene rings is 2. The Balaban J connectivity index is 1.80. The third-order valence-corrected chi connectivity index (χ3v) is 4.64. The molecule has 142 valence electrons. The number of esters is 1. The Morgan fingerprint density at radius 2 is 1.78 bits per heavy atom. The number of hydrogen-bond acceptors (Lipinski definition) is 5. The van der Waals surface area contributed by atoms with Gasteiger partial charge < -0.3 is 10.1 Å². The molecule has 0 heterocycles. The highest BCUT2D eigenvalue weighted by atomic mass is 32.2. The van der Waals surface area contributed by atoms with Crippen molar-refractivity contribution in [3.05, 3.63) is 59.9 Å². The zero-order valence-corrected chi connectivity index (χ0v) is 15.8. The molecular weight excluding hydrogens is 369 g/mol. The van der Waals surface area contributed by atoms with Gasteiger partial charge in [0.1, 0.15) is 5.82 Å². The number of thioether (sulfide) groups is 1. The van der Waals surface area contributed by atoms with Gasteiger partial charge in [0.05, 0.1) is 12.1 Å². The second kappa shape index (κ2) is 9.87. The molecule has 1 N–H and O–H groups in total. The Hall–Kier alpha value is -2.67. The molecule has 2 aromatic rings. The fraction of sp³-hybridized carbons (Fsp3) is 0.250. The SMILES string of the molecule is CC(=O)c1ccccc1NC(=O)C(C)OC(=O)CCSc1ccc(F)cc1. The average Bonchev–Trinajstić information content (AvgIpc) is 2.63. The smallest absolute Gasteiger partial charge is 0.307 e. The summed E-state index contributed by atoms with van der Waals surface area (Å²) >= 11 is 1.40. The number of anilines is 1. The fourth-order valence-electron chi connectivity index (χ4n) is 2.23. The minimum atomic E-state index is -0.992. The number of hydrogen-bond donors (Lipinski definition) is 1. The Bertz CT molecular complexity index is 823. The molecule has 0 aliphatic heterocycles. The topological polar surface area (TPSA) is 72.5 Å². The third-order valence-electron chi connectivity index (χ3n) is 3.63. The van der Waals surface area contributed by atoms with Crippen LogP contribution in [-0.2, 0) is 14.3 Å². The van der Waals surface area contributed by atoms with Crippen molar-refractivity contribution < 1.29 is 23.5 Å². The molecule has 0 saturated carbocycles. The van der Waals surface area contributed by atoms with E-state index >= 15 is 0 Å². The number of amides is 1. The predicted molar refractivity (Wildman–Crippen MR) is 102 cm³/mol. The second-order valence-corrected chi connectivity index (χ2v) is 6.94. The maximum atomic E-state index is 12.8. The van der Waals surface area contributed by atoms with E-state index in [0.29, 0.717) is 17.0 Å². The molecule has 0 bridgehead atoms. The van der Waals surface area contributed by atoms with Crippen LogP contribution in [0.1, 0.15) is 30.6 Å². The van der Waals surface area contributed by atoms with Gasteiger partial charge >= 0.3 is 5.97 Å². The van der Waals surface area contributed by atoms with Crippen molar-refractivity contribution in [2.24, 2.45) is 0 Å².